The molecular weight excluding hydrogens is 510 g/mol. The van der Waals surface area contributed by atoms with E-state index in [2.05, 4.69) is 5.32 Å². The van der Waals surface area contributed by atoms with Crippen molar-refractivity contribution in [1.29, 1.82) is 0 Å². The standard InChI is InChI=1S/C35H39N3O3/c1-25(2)41-31-19-15-29(16-20-31)33-23-36-35(32(37-33)21-26-9-5-3-6-10-26)38-34(39)22-27-13-17-30(18-14-27)40-24-28-11-7-4-8-12-28/h4,7-8,11-20,23,25-26H,3,5-6,9-10,21-22,24H2,1-2H3,(H,36,38,39). The van der Waals surface area contributed by atoms with E-state index in [1.807, 2.05) is 92.7 Å². The van der Waals surface area contributed by atoms with Crippen molar-refractivity contribution in [2.24, 2.45) is 5.92 Å². The third kappa shape index (κ3) is 8.40. The van der Waals surface area contributed by atoms with E-state index >= 15 is 0 Å². The van der Waals surface area contributed by atoms with Crippen LogP contribution in [-0.4, -0.2) is 22.0 Å². The van der Waals surface area contributed by atoms with Crippen LogP contribution >= 0.6 is 0 Å². The van der Waals surface area contributed by atoms with E-state index in [9.17, 15) is 4.79 Å². The zero-order valence-corrected chi connectivity index (χ0v) is 24.0. The molecule has 3 aromatic carbocycles. The minimum absolute atomic E-state index is 0.106. The summed E-state index contributed by atoms with van der Waals surface area (Å²) >= 11 is 0. The molecule has 1 aromatic heterocycles. The van der Waals surface area contributed by atoms with Crippen molar-refractivity contribution in [3.63, 3.8) is 0 Å². The lowest BCUT2D eigenvalue weighted by molar-refractivity contribution is -0.115. The molecule has 1 heterocycles. The van der Waals surface area contributed by atoms with Crippen LogP contribution in [0.3, 0.4) is 0 Å². The molecule has 5 rings (SSSR count). The van der Waals surface area contributed by atoms with Gasteiger partial charge in [0, 0.05) is 5.56 Å². The smallest absolute Gasteiger partial charge is 0.229 e. The summed E-state index contributed by atoms with van der Waals surface area (Å²) in [5.41, 5.74) is 4.66. The van der Waals surface area contributed by atoms with Crippen LogP contribution in [0, 0.1) is 5.92 Å². The molecule has 4 aromatic rings. The molecule has 212 valence electrons. The molecule has 6 nitrogen and oxygen atoms in total. The minimum atomic E-state index is -0.106. The average molecular weight is 550 g/mol. The number of aromatic nitrogens is 2. The van der Waals surface area contributed by atoms with Crippen LogP contribution in [0.25, 0.3) is 11.3 Å². The van der Waals surface area contributed by atoms with Crippen LogP contribution in [0.4, 0.5) is 5.82 Å². The fourth-order valence-corrected chi connectivity index (χ4v) is 5.26. The summed E-state index contributed by atoms with van der Waals surface area (Å²) in [4.78, 5) is 22.8. The van der Waals surface area contributed by atoms with Crippen molar-refractivity contribution in [3.8, 4) is 22.8 Å². The van der Waals surface area contributed by atoms with E-state index in [0.29, 0.717) is 18.3 Å². The number of nitrogens with zero attached hydrogens (tertiary/aromatic N) is 2. The first-order valence-corrected chi connectivity index (χ1v) is 14.7. The number of amides is 1. The number of ether oxygens (including phenoxy) is 2. The van der Waals surface area contributed by atoms with Crippen LogP contribution in [0.15, 0.2) is 85.1 Å². The normalized spacial score (nSPS) is 13.6. The van der Waals surface area contributed by atoms with Gasteiger partial charge in [-0.3, -0.25) is 4.79 Å². The largest absolute Gasteiger partial charge is 0.491 e. The summed E-state index contributed by atoms with van der Waals surface area (Å²) in [5, 5.41) is 3.06. The van der Waals surface area contributed by atoms with Crippen molar-refractivity contribution >= 4 is 11.7 Å². The molecule has 1 saturated carbocycles. The van der Waals surface area contributed by atoms with Gasteiger partial charge in [0.25, 0.3) is 0 Å². The van der Waals surface area contributed by atoms with Crippen LogP contribution < -0.4 is 14.8 Å². The maximum atomic E-state index is 13.1. The van der Waals surface area contributed by atoms with Gasteiger partial charge in [-0.15, -0.1) is 0 Å². The Morgan fingerprint density at radius 3 is 2.29 bits per heavy atom. The van der Waals surface area contributed by atoms with Gasteiger partial charge < -0.3 is 14.8 Å². The monoisotopic (exact) mass is 549 g/mol. The van der Waals surface area contributed by atoms with Gasteiger partial charge in [-0.25, -0.2) is 9.97 Å². The number of rotatable bonds is 11. The lowest BCUT2D eigenvalue weighted by Crippen LogP contribution is -2.19. The third-order valence-corrected chi connectivity index (χ3v) is 7.37. The molecule has 1 amide bonds. The Balaban J connectivity index is 1.26. The van der Waals surface area contributed by atoms with Gasteiger partial charge in [-0.1, -0.05) is 74.6 Å². The van der Waals surface area contributed by atoms with Crippen LogP contribution in [0.2, 0.25) is 0 Å². The summed E-state index contributed by atoms with van der Waals surface area (Å²) in [7, 11) is 0. The molecule has 1 aliphatic carbocycles. The number of benzene rings is 3. The summed E-state index contributed by atoms with van der Waals surface area (Å²) in [5.74, 6) is 2.63. The molecular formula is C35H39N3O3. The second-order valence-electron chi connectivity index (χ2n) is 11.1. The van der Waals surface area contributed by atoms with Gasteiger partial charge in [-0.05, 0) is 73.7 Å². The molecule has 0 bridgehead atoms. The van der Waals surface area contributed by atoms with Gasteiger partial charge >= 0.3 is 0 Å². The predicted octanol–water partition coefficient (Wildman–Crippen LogP) is 7.81. The summed E-state index contributed by atoms with van der Waals surface area (Å²) in [6, 6.07) is 25.7. The van der Waals surface area contributed by atoms with E-state index in [1.54, 1.807) is 6.20 Å². The molecule has 0 spiro atoms. The Morgan fingerprint density at radius 1 is 0.878 bits per heavy atom. The van der Waals surface area contributed by atoms with Gasteiger partial charge in [0.1, 0.15) is 18.1 Å². The SMILES string of the molecule is CC(C)Oc1ccc(-c2cnc(NC(=O)Cc3ccc(OCc4ccccc4)cc3)c(CC3CCCCC3)n2)cc1. The van der Waals surface area contributed by atoms with Gasteiger partial charge in [0.15, 0.2) is 5.82 Å². The van der Waals surface area contributed by atoms with E-state index < -0.39 is 0 Å². The molecule has 41 heavy (non-hydrogen) atoms. The van der Waals surface area contributed by atoms with Gasteiger partial charge in [0.2, 0.25) is 5.91 Å². The molecule has 0 aliphatic heterocycles. The Hall–Kier alpha value is -4.19. The average Bonchev–Trinajstić information content (AvgIpc) is 2.99. The summed E-state index contributed by atoms with van der Waals surface area (Å²) < 4.78 is 11.7. The van der Waals surface area contributed by atoms with Gasteiger partial charge in [0.05, 0.1) is 30.1 Å². The summed E-state index contributed by atoms with van der Waals surface area (Å²) in [6.45, 7) is 4.54. The Kier molecular flexibility index (Phi) is 9.63. The number of nitrogens with one attached hydrogen (secondary N) is 1. The number of carbonyl (C=O) groups is 1. The van der Waals surface area contributed by atoms with E-state index in [4.69, 9.17) is 19.4 Å². The Labute approximate surface area is 243 Å². The number of carbonyl (C=O) groups excluding carboxylic acids is 1. The van der Waals surface area contributed by atoms with Crippen LogP contribution in [0.5, 0.6) is 11.5 Å². The van der Waals surface area contributed by atoms with Crippen molar-refractivity contribution in [2.45, 2.75) is 71.5 Å². The highest BCUT2D eigenvalue weighted by molar-refractivity contribution is 5.92. The minimum Gasteiger partial charge on any atom is -0.491 e. The first kappa shape index (κ1) is 28.3. The second-order valence-corrected chi connectivity index (χ2v) is 11.1. The predicted molar refractivity (Wildman–Crippen MR) is 163 cm³/mol. The highest BCUT2D eigenvalue weighted by Crippen LogP contribution is 2.30. The van der Waals surface area contributed by atoms with E-state index in [1.165, 1.54) is 32.1 Å². The lowest BCUT2D eigenvalue weighted by atomic mass is 9.86. The topological polar surface area (TPSA) is 73.3 Å². The number of anilines is 1. The highest BCUT2D eigenvalue weighted by Gasteiger charge is 2.19. The first-order chi connectivity index (χ1) is 20.0. The van der Waals surface area contributed by atoms with E-state index in [0.717, 1.165) is 46.0 Å². The van der Waals surface area contributed by atoms with Crippen molar-refractivity contribution in [3.05, 3.63) is 102 Å². The number of hydrogen-bond acceptors (Lipinski definition) is 5. The Morgan fingerprint density at radius 2 is 1.59 bits per heavy atom. The van der Waals surface area contributed by atoms with Crippen molar-refractivity contribution in [1.82, 2.24) is 9.97 Å². The fraction of sp³-hybridized carbons (Fsp3) is 0.343. The molecule has 0 atom stereocenters. The third-order valence-electron chi connectivity index (χ3n) is 7.37. The van der Waals surface area contributed by atoms with Crippen molar-refractivity contribution in [2.75, 3.05) is 5.32 Å². The molecule has 6 heteroatoms. The molecule has 0 saturated heterocycles. The first-order valence-electron chi connectivity index (χ1n) is 14.7. The number of hydrogen-bond donors (Lipinski definition) is 1. The second kappa shape index (κ2) is 13.9. The summed E-state index contributed by atoms with van der Waals surface area (Å²) in [6.07, 6.45) is 9.13. The van der Waals surface area contributed by atoms with E-state index in [-0.39, 0.29) is 18.4 Å². The van der Waals surface area contributed by atoms with Crippen LogP contribution in [0.1, 0.15) is 62.8 Å². The maximum Gasteiger partial charge on any atom is 0.229 e. The maximum absolute atomic E-state index is 13.1. The quantitative estimate of drug-likeness (QED) is 0.207. The highest BCUT2D eigenvalue weighted by atomic mass is 16.5. The van der Waals surface area contributed by atoms with Crippen molar-refractivity contribution < 1.29 is 14.3 Å². The lowest BCUT2D eigenvalue weighted by Gasteiger charge is -2.22. The molecule has 0 radical (unpaired) electrons. The molecule has 0 unspecified atom stereocenters. The zero-order chi connectivity index (χ0) is 28.4. The zero-order valence-electron chi connectivity index (χ0n) is 24.0. The Bertz CT molecular complexity index is 1400. The molecule has 1 N–H and O–H groups in total. The fourth-order valence-electron chi connectivity index (χ4n) is 5.26. The van der Waals surface area contributed by atoms with Crippen LogP contribution in [-0.2, 0) is 24.2 Å². The van der Waals surface area contributed by atoms with Gasteiger partial charge in [-0.2, -0.15) is 0 Å². The molecule has 1 aliphatic rings. The molecule has 1 fully saturated rings.